The summed E-state index contributed by atoms with van der Waals surface area (Å²) < 4.78 is 0. The first-order valence-electron chi connectivity index (χ1n) is 10.4. The van der Waals surface area contributed by atoms with E-state index in [1.54, 1.807) is 55.6 Å². The van der Waals surface area contributed by atoms with Gasteiger partial charge in [0.15, 0.2) is 5.78 Å². The molecule has 3 rings (SSSR count). The second-order valence-corrected chi connectivity index (χ2v) is 7.99. The zero-order valence-corrected chi connectivity index (χ0v) is 18.6. The molecule has 6 heteroatoms. The Morgan fingerprint density at radius 3 is 2.22 bits per heavy atom. The molecule has 0 aliphatic heterocycles. The predicted octanol–water partition coefficient (Wildman–Crippen LogP) is 4.55. The van der Waals surface area contributed by atoms with Gasteiger partial charge in [-0.2, -0.15) is 0 Å². The summed E-state index contributed by atoms with van der Waals surface area (Å²) >= 11 is 6.08. The van der Waals surface area contributed by atoms with Crippen molar-refractivity contribution in [3.63, 3.8) is 0 Å². The van der Waals surface area contributed by atoms with Crippen LogP contribution in [0.3, 0.4) is 0 Å². The molecule has 0 saturated heterocycles. The van der Waals surface area contributed by atoms with Crippen LogP contribution in [0.25, 0.3) is 0 Å². The fourth-order valence-corrected chi connectivity index (χ4v) is 3.63. The van der Waals surface area contributed by atoms with Crippen molar-refractivity contribution in [1.29, 1.82) is 0 Å². The second-order valence-electron chi connectivity index (χ2n) is 7.56. The fraction of sp³-hybridized carbons (Fsp3) is 0.192. The summed E-state index contributed by atoms with van der Waals surface area (Å²) in [5, 5.41) is 3.17. The molecule has 0 saturated carbocycles. The van der Waals surface area contributed by atoms with Gasteiger partial charge in [0.25, 0.3) is 5.91 Å². The molecule has 0 radical (unpaired) electrons. The van der Waals surface area contributed by atoms with Crippen LogP contribution < -0.4 is 10.2 Å². The molecule has 2 amide bonds. The topological polar surface area (TPSA) is 66.5 Å². The maximum Gasteiger partial charge on any atom is 0.251 e. The summed E-state index contributed by atoms with van der Waals surface area (Å²) in [6.45, 7) is -0.132. The van der Waals surface area contributed by atoms with Gasteiger partial charge in [0.2, 0.25) is 5.91 Å². The third-order valence-corrected chi connectivity index (χ3v) is 5.39. The molecule has 0 aliphatic carbocycles. The van der Waals surface area contributed by atoms with E-state index in [9.17, 15) is 14.4 Å². The summed E-state index contributed by atoms with van der Waals surface area (Å²) in [7, 11) is 1.67. The molecule has 3 aromatic rings. The first-order chi connectivity index (χ1) is 15.4. The summed E-state index contributed by atoms with van der Waals surface area (Å²) in [5.41, 5.74) is 2.11. The normalized spacial score (nSPS) is 11.4. The second kappa shape index (κ2) is 11.3. The van der Waals surface area contributed by atoms with Crippen LogP contribution in [0.2, 0.25) is 5.02 Å². The molecule has 32 heavy (non-hydrogen) atoms. The Morgan fingerprint density at radius 1 is 0.906 bits per heavy atom. The average molecular weight is 449 g/mol. The van der Waals surface area contributed by atoms with Gasteiger partial charge >= 0.3 is 0 Å². The van der Waals surface area contributed by atoms with Crippen molar-refractivity contribution in [1.82, 2.24) is 5.32 Å². The lowest BCUT2D eigenvalue weighted by Gasteiger charge is -2.24. The zero-order chi connectivity index (χ0) is 22.9. The number of carbonyl (C=O) groups excluding carboxylic acids is 3. The van der Waals surface area contributed by atoms with Crippen molar-refractivity contribution < 1.29 is 14.4 Å². The van der Waals surface area contributed by atoms with E-state index >= 15 is 0 Å². The molecule has 0 unspecified atom stereocenters. The van der Waals surface area contributed by atoms with Gasteiger partial charge in [-0.1, -0.05) is 66.2 Å². The minimum Gasteiger partial charge on any atom is -0.345 e. The highest BCUT2D eigenvalue weighted by molar-refractivity contribution is 6.30. The Hall–Kier alpha value is -3.44. The molecule has 1 atom stereocenters. The molecular weight excluding hydrogens is 424 g/mol. The molecule has 5 nitrogen and oxygen atoms in total. The van der Waals surface area contributed by atoms with Crippen molar-refractivity contribution in [2.45, 2.75) is 12.8 Å². The number of Topliss-reactive ketones (excluding diaryl/α,β-unsaturated/α-hetero) is 1. The van der Waals surface area contributed by atoms with E-state index in [0.717, 1.165) is 5.56 Å². The van der Waals surface area contributed by atoms with E-state index < -0.39 is 5.92 Å². The first kappa shape index (κ1) is 23.2. The maximum absolute atomic E-state index is 13.3. The minimum absolute atomic E-state index is 0.0215. The van der Waals surface area contributed by atoms with Crippen molar-refractivity contribution in [3.8, 4) is 0 Å². The van der Waals surface area contributed by atoms with Crippen molar-refractivity contribution >= 4 is 34.9 Å². The maximum atomic E-state index is 13.3. The molecule has 3 aromatic carbocycles. The van der Waals surface area contributed by atoms with Crippen molar-refractivity contribution in [2.75, 3.05) is 18.5 Å². The Morgan fingerprint density at radius 2 is 1.56 bits per heavy atom. The third-order valence-electron chi connectivity index (χ3n) is 5.16. The van der Waals surface area contributed by atoms with Crippen LogP contribution in [0, 0.1) is 5.92 Å². The molecule has 0 heterocycles. The van der Waals surface area contributed by atoms with E-state index in [2.05, 4.69) is 5.32 Å². The molecule has 0 bridgehead atoms. The Balaban J connectivity index is 1.70. The van der Waals surface area contributed by atoms with Gasteiger partial charge < -0.3 is 10.2 Å². The van der Waals surface area contributed by atoms with Gasteiger partial charge in [-0.25, -0.2) is 0 Å². The Labute approximate surface area is 193 Å². The lowest BCUT2D eigenvalue weighted by Crippen LogP contribution is -2.37. The van der Waals surface area contributed by atoms with E-state index in [4.69, 9.17) is 11.6 Å². The molecule has 1 N–H and O–H groups in total. The monoisotopic (exact) mass is 448 g/mol. The summed E-state index contributed by atoms with van der Waals surface area (Å²) in [4.78, 5) is 39.7. The Bertz CT molecular complexity index is 1070. The van der Waals surface area contributed by atoms with E-state index in [1.165, 1.54) is 4.90 Å². The highest BCUT2D eigenvalue weighted by Crippen LogP contribution is 2.23. The molecular formula is C26H25ClN2O3. The van der Waals surface area contributed by atoms with Gasteiger partial charge in [0.05, 0.1) is 6.54 Å². The number of nitrogens with zero attached hydrogens (tertiary/aromatic N) is 1. The molecule has 0 aliphatic rings. The van der Waals surface area contributed by atoms with Crippen molar-refractivity contribution in [3.05, 3.63) is 101 Å². The summed E-state index contributed by atoms with van der Waals surface area (Å²) in [6, 6.07) is 25.3. The highest BCUT2D eigenvalue weighted by atomic mass is 35.5. The SMILES string of the molecule is CN(C(=O)[C@@H](CC(=O)CNC(=O)c1ccccc1)Cc1ccccc1)c1cccc(Cl)c1. The molecule has 0 spiro atoms. The van der Waals surface area contributed by atoms with Crippen LogP contribution in [0.5, 0.6) is 0 Å². The van der Waals surface area contributed by atoms with Gasteiger partial charge in [-0.15, -0.1) is 0 Å². The average Bonchev–Trinajstić information content (AvgIpc) is 2.82. The van der Waals surface area contributed by atoms with Crippen LogP contribution >= 0.6 is 11.6 Å². The van der Waals surface area contributed by atoms with Crippen LogP contribution in [0.1, 0.15) is 22.3 Å². The number of hydrogen-bond donors (Lipinski definition) is 1. The third kappa shape index (κ3) is 6.53. The smallest absolute Gasteiger partial charge is 0.251 e. The lowest BCUT2D eigenvalue weighted by atomic mass is 9.92. The largest absolute Gasteiger partial charge is 0.345 e. The van der Waals surface area contributed by atoms with E-state index in [-0.39, 0.29) is 30.6 Å². The number of nitrogens with one attached hydrogen (secondary N) is 1. The number of benzene rings is 3. The zero-order valence-electron chi connectivity index (χ0n) is 17.8. The van der Waals surface area contributed by atoms with Gasteiger partial charge in [-0.3, -0.25) is 14.4 Å². The standard InChI is InChI=1S/C26H25ClN2O3/c1-29(23-14-8-13-22(27)17-23)26(32)21(15-19-9-4-2-5-10-19)16-24(30)18-28-25(31)20-11-6-3-7-12-20/h2-14,17,21H,15-16,18H2,1H3,(H,28,31)/t21-/m1/s1. The van der Waals surface area contributed by atoms with Gasteiger partial charge in [-0.05, 0) is 42.3 Å². The number of hydrogen-bond acceptors (Lipinski definition) is 3. The lowest BCUT2D eigenvalue weighted by molar-refractivity contribution is -0.127. The Kier molecular flexibility index (Phi) is 8.17. The number of carbonyl (C=O) groups is 3. The number of amides is 2. The fourth-order valence-electron chi connectivity index (χ4n) is 3.45. The van der Waals surface area contributed by atoms with Crippen LogP contribution in [0.15, 0.2) is 84.9 Å². The van der Waals surface area contributed by atoms with Crippen LogP contribution in [-0.4, -0.2) is 31.2 Å². The minimum atomic E-state index is -0.567. The molecule has 0 aromatic heterocycles. The molecule has 0 fully saturated rings. The van der Waals surface area contributed by atoms with Gasteiger partial charge in [0, 0.05) is 35.7 Å². The number of ketones is 1. The predicted molar refractivity (Wildman–Crippen MR) is 127 cm³/mol. The van der Waals surface area contributed by atoms with E-state index in [0.29, 0.717) is 22.7 Å². The molecule has 164 valence electrons. The van der Waals surface area contributed by atoms with E-state index in [1.807, 2.05) is 36.4 Å². The van der Waals surface area contributed by atoms with Crippen LogP contribution in [-0.2, 0) is 16.0 Å². The number of rotatable bonds is 9. The van der Waals surface area contributed by atoms with Gasteiger partial charge in [0.1, 0.15) is 0 Å². The number of halogens is 1. The van der Waals surface area contributed by atoms with Crippen molar-refractivity contribution in [2.24, 2.45) is 5.92 Å². The number of anilines is 1. The summed E-state index contributed by atoms with van der Waals surface area (Å²) in [6.07, 6.45) is 0.441. The summed E-state index contributed by atoms with van der Waals surface area (Å²) in [5.74, 6) is -1.27. The van der Waals surface area contributed by atoms with Crippen LogP contribution in [0.4, 0.5) is 5.69 Å². The first-order valence-corrected chi connectivity index (χ1v) is 10.7. The quantitative estimate of drug-likeness (QED) is 0.522. The highest BCUT2D eigenvalue weighted by Gasteiger charge is 2.26.